The predicted molar refractivity (Wildman–Crippen MR) is 57.4 cm³/mol. The Kier molecular flexibility index (Phi) is 2.52. The standard InChI is InChI=1S/C11H14ClNO/c12-9-3-1-8(2-4-9)11(7-13)5-10(14)6-11/h1-4,10,14H,5-7,13H2. The molecular weight excluding hydrogens is 198 g/mol. The maximum atomic E-state index is 9.35. The van der Waals surface area contributed by atoms with Gasteiger partial charge in [-0.3, -0.25) is 0 Å². The molecule has 2 nitrogen and oxygen atoms in total. The van der Waals surface area contributed by atoms with Gasteiger partial charge >= 0.3 is 0 Å². The minimum atomic E-state index is -0.186. The van der Waals surface area contributed by atoms with Gasteiger partial charge in [-0.05, 0) is 30.5 Å². The number of aliphatic hydroxyl groups is 1. The third-order valence-electron chi connectivity index (χ3n) is 3.10. The molecule has 2 rings (SSSR count). The molecule has 1 fully saturated rings. The van der Waals surface area contributed by atoms with E-state index in [0.717, 1.165) is 17.9 Å². The molecule has 1 aliphatic rings. The molecule has 0 unspecified atom stereocenters. The largest absolute Gasteiger partial charge is 0.393 e. The van der Waals surface area contributed by atoms with Crippen LogP contribution in [0.2, 0.25) is 5.02 Å². The first-order valence-electron chi connectivity index (χ1n) is 4.80. The zero-order valence-electron chi connectivity index (χ0n) is 7.91. The van der Waals surface area contributed by atoms with E-state index in [1.807, 2.05) is 24.3 Å². The number of benzene rings is 1. The van der Waals surface area contributed by atoms with E-state index in [1.165, 1.54) is 5.56 Å². The van der Waals surface area contributed by atoms with Gasteiger partial charge in [-0.2, -0.15) is 0 Å². The second-order valence-corrected chi connectivity index (χ2v) is 4.49. The van der Waals surface area contributed by atoms with Crippen LogP contribution in [0.5, 0.6) is 0 Å². The fourth-order valence-corrected chi connectivity index (χ4v) is 2.29. The second kappa shape index (κ2) is 3.54. The van der Waals surface area contributed by atoms with Gasteiger partial charge < -0.3 is 10.8 Å². The maximum absolute atomic E-state index is 9.35. The highest BCUT2D eigenvalue weighted by Gasteiger charge is 2.43. The molecule has 1 aliphatic carbocycles. The van der Waals surface area contributed by atoms with E-state index in [1.54, 1.807) is 0 Å². The third-order valence-corrected chi connectivity index (χ3v) is 3.35. The smallest absolute Gasteiger partial charge is 0.0558 e. The minimum absolute atomic E-state index is 0.00992. The Morgan fingerprint density at radius 2 is 1.93 bits per heavy atom. The highest BCUT2D eigenvalue weighted by molar-refractivity contribution is 6.30. The summed E-state index contributed by atoms with van der Waals surface area (Å²) in [7, 11) is 0. The lowest BCUT2D eigenvalue weighted by Gasteiger charge is -2.45. The molecule has 3 N–H and O–H groups in total. The van der Waals surface area contributed by atoms with Gasteiger partial charge in [-0.15, -0.1) is 0 Å². The lowest BCUT2D eigenvalue weighted by molar-refractivity contribution is 0.0222. The highest BCUT2D eigenvalue weighted by Crippen LogP contribution is 2.43. The van der Waals surface area contributed by atoms with Crippen molar-refractivity contribution in [2.45, 2.75) is 24.4 Å². The van der Waals surface area contributed by atoms with Gasteiger partial charge in [0.05, 0.1) is 6.10 Å². The van der Waals surface area contributed by atoms with Crippen molar-refractivity contribution in [1.82, 2.24) is 0 Å². The molecule has 1 aromatic rings. The molecule has 14 heavy (non-hydrogen) atoms. The summed E-state index contributed by atoms with van der Waals surface area (Å²) in [5.41, 5.74) is 6.94. The average molecular weight is 212 g/mol. The Balaban J connectivity index is 2.25. The molecule has 0 radical (unpaired) electrons. The van der Waals surface area contributed by atoms with Crippen LogP contribution in [0, 0.1) is 0 Å². The molecular formula is C11H14ClNO. The van der Waals surface area contributed by atoms with E-state index in [-0.39, 0.29) is 11.5 Å². The molecule has 0 bridgehead atoms. The second-order valence-electron chi connectivity index (χ2n) is 4.05. The molecule has 0 heterocycles. The van der Waals surface area contributed by atoms with Crippen LogP contribution in [0.3, 0.4) is 0 Å². The number of rotatable bonds is 2. The Labute approximate surface area is 88.7 Å². The molecule has 0 amide bonds. The number of hydrogen-bond donors (Lipinski definition) is 2. The summed E-state index contributed by atoms with van der Waals surface area (Å²) in [5.74, 6) is 0. The summed E-state index contributed by atoms with van der Waals surface area (Å²) in [5, 5.41) is 10.1. The first-order chi connectivity index (χ1) is 6.66. The monoisotopic (exact) mass is 211 g/mol. The molecule has 0 aromatic heterocycles. The van der Waals surface area contributed by atoms with Crippen molar-refractivity contribution >= 4 is 11.6 Å². The van der Waals surface area contributed by atoms with Gasteiger partial charge in [0, 0.05) is 17.0 Å². The van der Waals surface area contributed by atoms with Gasteiger partial charge in [-0.1, -0.05) is 23.7 Å². The van der Waals surface area contributed by atoms with Crippen LogP contribution in [0.4, 0.5) is 0 Å². The summed E-state index contributed by atoms with van der Waals surface area (Å²) in [6.45, 7) is 0.589. The summed E-state index contributed by atoms with van der Waals surface area (Å²) >= 11 is 5.81. The molecule has 0 atom stereocenters. The molecule has 3 heteroatoms. The maximum Gasteiger partial charge on any atom is 0.0558 e. The van der Waals surface area contributed by atoms with Crippen LogP contribution in [-0.4, -0.2) is 17.8 Å². The van der Waals surface area contributed by atoms with E-state index in [9.17, 15) is 5.11 Å². The fraction of sp³-hybridized carbons (Fsp3) is 0.455. The number of nitrogens with two attached hydrogens (primary N) is 1. The number of halogens is 1. The molecule has 0 aliphatic heterocycles. The number of aliphatic hydroxyl groups excluding tert-OH is 1. The molecule has 0 spiro atoms. The minimum Gasteiger partial charge on any atom is -0.393 e. The lowest BCUT2D eigenvalue weighted by atomic mass is 9.63. The molecule has 76 valence electrons. The first-order valence-corrected chi connectivity index (χ1v) is 5.18. The normalized spacial score (nSPS) is 31.2. The molecule has 0 saturated heterocycles. The van der Waals surface area contributed by atoms with E-state index >= 15 is 0 Å². The van der Waals surface area contributed by atoms with E-state index in [0.29, 0.717) is 6.54 Å². The Hall–Kier alpha value is -0.570. The summed E-state index contributed by atoms with van der Waals surface area (Å²) in [6, 6.07) is 7.75. The van der Waals surface area contributed by atoms with Crippen LogP contribution < -0.4 is 5.73 Å². The average Bonchev–Trinajstić information content (AvgIpc) is 2.14. The summed E-state index contributed by atoms with van der Waals surface area (Å²) in [4.78, 5) is 0. The van der Waals surface area contributed by atoms with Crippen molar-refractivity contribution in [2.24, 2.45) is 5.73 Å². The van der Waals surface area contributed by atoms with Gasteiger partial charge in [-0.25, -0.2) is 0 Å². The van der Waals surface area contributed by atoms with Crippen LogP contribution in [-0.2, 0) is 5.41 Å². The van der Waals surface area contributed by atoms with Crippen LogP contribution in [0.1, 0.15) is 18.4 Å². The van der Waals surface area contributed by atoms with Crippen molar-refractivity contribution in [1.29, 1.82) is 0 Å². The summed E-state index contributed by atoms with van der Waals surface area (Å²) in [6.07, 6.45) is 1.35. The van der Waals surface area contributed by atoms with Gasteiger partial charge in [0.25, 0.3) is 0 Å². The topological polar surface area (TPSA) is 46.2 Å². The Morgan fingerprint density at radius 3 is 2.36 bits per heavy atom. The van der Waals surface area contributed by atoms with Crippen molar-refractivity contribution < 1.29 is 5.11 Å². The zero-order valence-corrected chi connectivity index (χ0v) is 8.67. The van der Waals surface area contributed by atoms with Crippen LogP contribution in [0.25, 0.3) is 0 Å². The third kappa shape index (κ3) is 1.54. The first kappa shape index (κ1) is 9.97. The number of hydrogen-bond acceptors (Lipinski definition) is 2. The van der Waals surface area contributed by atoms with E-state index in [2.05, 4.69) is 0 Å². The van der Waals surface area contributed by atoms with Crippen LogP contribution in [0.15, 0.2) is 24.3 Å². The van der Waals surface area contributed by atoms with Gasteiger partial charge in [0.1, 0.15) is 0 Å². The Bertz CT molecular complexity index is 317. The van der Waals surface area contributed by atoms with E-state index in [4.69, 9.17) is 17.3 Å². The van der Waals surface area contributed by atoms with Gasteiger partial charge in [0.15, 0.2) is 0 Å². The van der Waals surface area contributed by atoms with Crippen LogP contribution >= 0.6 is 11.6 Å². The SMILES string of the molecule is NCC1(c2ccc(Cl)cc2)CC(O)C1. The van der Waals surface area contributed by atoms with Gasteiger partial charge in [0.2, 0.25) is 0 Å². The van der Waals surface area contributed by atoms with Crippen molar-refractivity contribution in [2.75, 3.05) is 6.54 Å². The van der Waals surface area contributed by atoms with Crippen molar-refractivity contribution in [3.05, 3.63) is 34.9 Å². The quantitative estimate of drug-likeness (QED) is 0.782. The molecule has 1 aromatic carbocycles. The molecule has 1 saturated carbocycles. The lowest BCUT2D eigenvalue weighted by Crippen LogP contribution is -2.49. The predicted octanol–water partition coefficient (Wildman–Crippen LogP) is 1.69. The Morgan fingerprint density at radius 1 is 1.36 bits per heavy atom. The van der Waals surface area contributed by atoms with E-state index < -0.39 is 0 Å². The highest BCUT2D eigenvalue weighted by atomic mass is 35.5. The van der Waals surface area contributed by atoms with Crippen molar-refractivity contribution in [3.8, 4) is 0 Å². The van der Waals surface area contributed by atoms with Crippen molar-refractivity contribution in [3.63, 3.8) is 0 Å². The zero-order chi connectivity index (χ0) is 10.2. The fourth-order valence-electron chi connectivity index (χ4n) is 2.17. The summed E-state index contributed by atoms with van der Waals surface area (Å²) < 4.78 is 0.